The number of hydrogen-bond donors (Lipinski definition) is 1. The number of nitrogens with one attached hydrogen (secondary N) is 1. The fourth-order valence-electron chi connectivity index (χ4n) is 3.61. The molecule has 32 heavy (non-hydrogen) atoms. The highest BCUT2D eigenvalue weighted by Crippen LogP contribution is 2.29. The summed E-state index contributed by atoms with van der Waals surface area (Å²) in [4.78, 5) is 4.37. The fourth-order valence-corrected chi connectivity index (χ4v) is 3.61. The zero-order valence-corrected chi connectivity index (χ0v) is 20.6. The van der Waals surface area contributed by atoms with Gasteiger partial charge in [-0.3, -0.25) is 4.99 Å². The van der Waals surface area contributed by atoms with Gasteiger partial charge in [0.1, 0.15) is 11.6 Å². The Kier molecular flexibility index (Phi) is 9.96. The highest BCUT2D eigenvalue weighted by atomic mass is 19.1. The molecule has 0 spiro atoms. The van der Waals surface area contributed by atoms with Crippen LogP contribution in [0.5, 0.6) is 0 Å². The van der Waals surface area contributed by atoms with E-state index >= 15 is 4.39 Å². The molecule has 1 aliphatic carbocycles. The minimum atomic E-state index is -0.226. The van der Waals surface area contributed by atoms with E-state index in [1.54, 1.807) is 13.1 Å². The first-order chi connectivity index (χ1) is 15.2. The number of rotatable bonds is 12. The van der Waals surface area contributed by atoms with Gasteiger partial charge in [0.25, 0.3) is 0 Å². The smallest absolute Gasteiger partial charge is 0.133 e. The molecule has 1 atom stereocenters. The van der Waals surface area contributed by atoms with Crippen LogP contribution in [0.15, 0.2) is 65.0 Å². The van der Waals surface area contributed by atoms with Crippen molar-refractivity contribution in [1.82, 2.24) is 5.32 Å². The minimum absolute atomic E-state index is 0.226. The molecular weight excluding hydrogens is 399 g/mol. The van der Waals surface area contributed by atoms with Gasteiger partial charge in [0.15, 0.2) is 0 Å². The normalized spacial score (nSPS) is 16.4. The molecule has 1 aromatic rings. The Labute approximate surface area is 193 Å². The third-order valence-corrected chi connectivity index (χ3v) is 5.55. The van der Waals surface area contributed by atoms with Crippen LogP contribution in [0.1, 0.15) is 63.6 Å². The lowest BCUT2D eigenvalue weighted by Crippen LogP contribution is -2.24. The lowest BCUT2D eigenvalue weighted by Gasteiger charge is -2.16. The van der Waals surface area contributed by atoms with Crippen LogP contribution in [0.3, 0.4) is 0 Å². The van der Waals surface area contributed by atoms with Crippen molar-refractivity contribution in [3.63, 3.8) is 0 Å². The van der Waals surface area contributed by atoms with E-state index in [2.05, 4.69) is 29.9 Å². The van der Waals surface area contributed by atoms with Gasteiger partial charge in [-0.25, -0.2) is 4.39 Å². The van der Waals surface area contributed by atoms with Gasteiger partial charge in [-0.15, -0.1) is 0 Å². The first kappa shape index (κ1) is 25.6. The first-order valence-electron chi connectivity index (χ1n) is 11.6. The molecule has 1 aliphatic rings. The van der Waals surface area contributed by atoms with Crippen molar-refractivity contribution in [2.24, 2.45) is 10.9 Å². The molecule has 0 aliphatic heterocycles. The molecule has 0 amide bonds. The third kappa shape index (κ3) is 8.49. The second-order valence-electron chi connectivity index (χ2n) is 8.91. The largest absolute Gasteiger partial charge is 0.494 e. The van der Waals surface area contributed by atoms with Gasteiger partial charge in [0, 0.05) is 24.4 Å². The Morgan fingerprint density at radius 1 is 1.31 bits per heavy atom. The Morgan fingerprint density at radius 3 is 2.59 bits per heavy atom. The molecule has 1 fully saturated rings. The number of allylic oxidation sites excluding steroid dienone is 6. The monoisotopic (exact) mass is 438 g/mol. The molecule has 0 aromatic heterocycles. The zero-order valence-electron chi connectivity index (χ0n) is 20.6. The number of nitrogens with zero attached hydrogens (tertiary/aromatic N) is 1. The van der Waals surface area contributed by atoms with E-state index in [1.165, 1.54) is 12.8 Å². The van der Waals surface area contributed by atoms with Crippen molar-refractivity contribution in [1.29, 1.82) is 0 Å². The number of halogens is 1. The SMILES string of the molecule is C=C(C)N[C@@H](C)CCc1cc(C)c(C(/C=C(C)/C=C\C(=C/C)OCC2CC2)=NC)c(F)c1. The van der Waals surface area contributed by atoms with Crippen LogP contribution in [0, 0.1) is 18.7 Å². The molecule has 1 aromatic carbocycles. The summed E-state index contributed by atoms with van der Waals surface area (Å²) in [5.74, 6) is 1.35. The number of benzene rings is 1. The van der Waals surface area contributed by atoms with Crippen molar-refractivity contribution in [2.75, 3.05) is 13.7 Å². The summed E-state index contributed by atoms with van der Waals surface area (Å²) in [5, 5.41) is 3.31. The van der Waals surface area contributed by atoms with Crippen molar-refractivity contribution in [2.45, 2.75) is 66.3 Å². The van der Waals surface area contributed by atoms with Gasteiger partial charge >= 0.3 is 0 Å². The van der Waals surface area contributed by atoms with Crippen molar-refractivity contribution >= 4 is 5.71 Å². The summed E-state index contributed by atoms with van der Waals surface area (Å²) in [5.41, 5.74) is 5.05. The fraction of sp³-hybridized carbons (Fsp3) is 0.464. The molecule has 0 saturated heterocycles. The van der Waals surface area contributed by atoms with Crippen LogP contribution < -0.4 is 5.32 Å². The average molecular weight is 439 g/mol. The van der Waals surface area contributed by atoms with Crippen molar-refractivity contribution in [3.8, 4) is 0 Å². The van der Waals surface area contributed by atoms with Gasteiger partial charge in [-0.05, 0) is 107 Å². The van der Waals surface area contributed by atoms with Gasteiger partial charge < -0.3 is 10.1 Å². The summed E-state index contributed by atoms with van der Waals surface area (Å²) >= 11 is 0. The Hall–Kier alpha value is -2.62. The van der Waals surface area contributed by atoms with E-state index in [9.17, 15) is 0 Å². The van der Waals surface area contributed by atoms with Gasteiger partial charge in [0.2, 0.25) is 0 Å². The molecule has 1 saturated carbocycles. The van der Waals surface area contributed by atoms with Crippen molar-refractivity contribution < 1.29 is 9.13 Å². The summed E-state index contributed by atoms with van der Waals surface area (Å²) in [7, 11) is 1.71. The summed E-state index contributed by atoms with van der Waals surface area (Å²) in [6, 6.07) is 4.01. The maximum absolute atomic E-state index is 15.1. The van der Waals surface area contributed by atoms with E-state index in [0.29, 0.717) is 23.2 Å². The first-order valence-corrected chi connectivity index (χ1v) is 11.6. The molecule has 0 bridgehead atoms. The summed E-state index contributed by atoms with van der Waals surface area (Å²) in [6.07, 6.45) is 12.1. The Bertz CT molecular complexity index is 896. The second-order valence-corrected chi connectivity index (χ2v) is 8.91. The van der Waals surface area contributed by atoms with Gasteiger partial charge in [-0.2, -0.15) is 0 Å². The summed E-state index contributed by atoms with van der Waals surface area (Å²) < 4.78 is 20.9. The van der Waals surface area contributed by atoms with E-state index < -0.39 is 0 Å². The molecule has 0 heterocycles. The lowest BCUT2D eigenvalue weighted by atomic mass is 9.96. The number of ether oxygens (including phenoxy) is 1. The minimum Gasteiger partial charge on any atom is -0.494 e. The van der Waals surface area contributed by atoms with E-state index in [-0.39, 0.29) is 5.82 Å². The number of hydrogen-bond acceptors (Lipinski definition) is 3. The van der Waals surface area contributed by atoms with E-state index in [1.807, 2.05) is 52.0 Å². The highest BCUT2D eigenvalue weighted by Gasteiger charge is 2.21. The third-order valence-electron chi connectivity index (χ3n) is 5.55. The zero-order chi connectivity index (χ0) is 23.7. The highest BCUT2D eigenvalue weighted by molar-refractivity contribution is 6.10. The Balaban J connectivity index is 2.10. The van der Waals surface area contributed by atoms with Crippen LogP contribution >= 0.6 is 0 Å². The van der Waals surface area contributed by atoms with E-state index in [4.69, 9.17) is 4.74 Å². The quantitative estimate of drug-likeness (QED) is 0.220. The molecule has 3 nitrogen and oxygen atoms in total. The predicted molar refractivity (Wildman–Crippen MR) is 135 cm³/mol. The lowest BCUT2D eigenvalue weighted by molar-refractivity contribution is 0.210. The van der Waals surface area contributed by atoms with Crippen LogP contribution in [-0.2, 0) is 11.2 Å². The van der Waals surface area contributed by atoms with E-state index in [0.717, 1.165) is 47.6 Å². The number of aliphatic imine (C=N–C) groups is 1. The molecule has 0 unspecified atom stereocenters. The number of aryl methyl sites for hydroxylation is 2. The Morgan fingerprint density at radius 2 is 2.03 bits per heavy atom. The molecule has 2 rings (SSSR count). The van der Waals surface area contributed by atoms with Crippen LogP contribution in [0.4, 0.5) is 4.39 Å². The maximum Gasteiger partial charge on any atom is 0.133 e. The molecule has 174 valence electrons. The van der Waals surface area contributed by atoms with Crippen LogP contribution in [0.2, 0.25) is 0 Å². The molecule has 1 N–H and O–H groups in total. The molecule has 0 radical (unpaired) electrons. The summed E-state index contributed by atoms with van der Waals surface area (Å²) in [6.45, 7) is 14.7. The average Bonchev–Trinajstić information content (AvgIpc) is 3.55. The van der Waals surface area contributed by atoms with Gasteiger partial charge in [0.05, 0.1) is 12.3 Å². The molecule has 4 heteroatoms. The van der Waals surface area contributed by atoms with Crippen molar-refractivity contribution in [3.05, 3.63) is 82.6 Å². The topological polar surface area (TPSA) is 33.6 Å². The predicted octanol–water partition coefficient (Wildman–Crippen LogP) is 6.83. The standard InChI is InChI=1S/C28H39FN2O/c1-8-25(32-18-23-12-13-23)14-9-20(4)15-27(30-7)28-21(5)16-24(17-26(28)29)11-10-22(6)31-19(2)3/h8-9,14-17,22-23,31H,2,10-13,18H2,1,3-7H3/b14-9-,20-15+,25-8+,30-27?/t22-/m0/s1. The van der Waals surface area contributed by atoms with Crippen LogP contribution in [0.25, 0.3) is 0 Å². The van der Waals surface area contributed by atoms with Crippen LogP contribution in [-0.4, -0.2) is 25.4 Å². The molecular formula is C28H39FN2O. The maximum atomic E-state index is 15.1. The van der Waals surface area contributed by atoms with Gasteiger partial charge in [-0.1, -0.05) is 18.7 Å². The second kappa shape index (κ2) is 12.4.